The Kier molecular flexibility index (Phi) is 5.99. The summed E-state index contributed by atoms with van der Waals surface area (Å²) in [5.74, 6) is 0. The van der Waals surface area contributed by atoms with Gasteiger partial charge in [0.05, 0.1) is 10.8 Å². The van der Waals surface area contributed by atoms with Gasteiger partial charge in [-0.05, 0) is 90.3 Å². The normalized spacial score (nSPS) is 11.9. The van der Waals surface area contributed by atoms with E-state index in [-0.39, 0.29) is 19.5 Å². The van der Waals surface area contributed by atoms with Crippen LogP contribution in [-0.4, -0.2) is 9.97 Å². The van der Waals surface area contributed by atoms with Gasteiger partial charge in [0.1, 0.15) is 22.2 Å². The van der Waals surface area contributed by atoms with Gasteiger partial charge in [0.15, 0.2) is 11.2 Å². The van der Waals surface area contributed by atoms with Crippen LogP contribution in [-0.2, 0) is 19.5 Å². The molecule has 6 nitrogen and oxygen atoms in total. The Labute approximate surface area is 290 Å². The monoisotopic (exact) mass is 678 g/mol. The summed E-state index contributed by atoms with van der Waals surface area (Å²) >= 11 is 0. The molecule has 0 spiro atoms. The molecule has 12 rings (SSSR count). The Morgan fingerprint density at radius 2 is 0.796 bits per heavy atom. The van der Waals surface area contributed by atoms with Crippen LogP contribution in [0.1, 0.15) is 0 Å². The van der Waals surface area contributed by atoms with Crippen LogP contribution in [0, 0.1) is 0 Å². The maximum absolute atomic E-state index is 6.01. The Morgan fingerprint density at radius 3 is 1.24 bits per heavy atom. The molecule has 12 aromatic rings. The van der Waals surface area contributed by atoms with Gasteiger partial charge in [-0.15, -0.1) is 11.0 Å². The van der Waals surface area contributed by atoms with Gasteiger partial charge in [-0.25, -0.2) is 0 Å². The van der Waals surface area contributed by atoms with E-state index >= 15 is 0 Å². The molecule has 0 fully saturated rings. The number of pyridine rings is 2. The van der Waals surface area contributed by atoms with Crippen LogP contribution >= 0.6 is 0 Å². The van der Waals surface area contributed by atoms with Crippen LogP contribution in [0.4, 0.5) is 0 Å². The number of nitrogens with zero attached hydrogens (tertiary/aromatic N) is 4. The first-order chi connectivity index (χ1) is 23.8. The second kappa shape index (κ2) is 10.5. The number of hydrogen-bond donors (Lipinski definition) is 0. The minimum absolute atomic E-state index is 0. The van der Waals surface area contributed by atoms with Crippen molar-refractivity contribution < 1.29 is 28.3 Å². The van der Waals surface area contributed by atoms with Crippen molar-refractivity contribution in [3.05, 3.63) is 134 Å². The molecule has 0 aliphatic rings. The first-order valence-electron chi connectivity index (χ1n) is 15.9. The van der Waals surface area contributed by atoms with Gasteiger partial charge in [-0.3, -0.25) is 9.97 Å². The van der Waals surface area contributed by atoms with Gasteiger partial charge < -0.3 is 18.8 Å². The zero-order chi connectivity index (χ0) is 31.3. The first-order valence-corrected chi connectivity index (χ1v) is 15.9. The third-order valence-electron chi connectivity index (χ3n) is 9.68. The molecule has 6 heterocycles. The van der Waals surface area contributed by atoms with Crippen LogP contribution in [0.25, 0.3) is 109 Å². The predicted molar refractivity (Wildman–Crippen MR) is 195 cm³/mol. The largest absolute Gasteiger partial charge is 2.00 e. The van der Waals surface area contributed by atoms with Gasteiger partial charge in [0, 0.05) is 12.4 Å². The molecule has 0 bridgehead atoms. The minimum atomic E-state index is 0. The number of benzene rings is 6. The molecule has 0 radical (unpaired) electrons. The third-order valence-corrected chi connectivity index (χ3v) is 9.68. The molecule has 0 saturated carbocycles. The van der Waals surface area contributed by atoms with Crippen molar-refractivity contribution in [1.29, 1.82) is 0 Å². The molecule has 0 unspecified atom stereocenters. The minimum Gasteiger partial charge on any atom is -0.663 e. The Morgan fingerprint density at radius 1 is 0.367 bits per heavy atom. The Hall–Kier alpha value is -6.04. The van der Waals surface area contributed by atoms with E-state index in [0.29, 0.717) is 0 Å². The van der Waals surface area contributed by atoms with Crippen LogP contribution in [0.15, 0.2) is 143 Å². The number of furan rings is 2. The summed E-state index contributed by atoms with van der Waals surface area (Å²) in [5, 5.41) is 14.0. The maximum atomic E-state index is 6.01. The molecule has 6 aromatic carbocycles. The molecule has 0 N–H and O–H groups in total. The van der Waals surface area contributed by atoms with E-state index in [4.69, 9.17) is 8.83 Å². The summed E-state index contributed by atoms with van der Waals surface area (Å²) < 4.78 is 12.0. The van der Waals surface area contributed by atoms with Crippen molar-refractivity contribution in [3.8, 4) is 0 Å². The van der Waals surface area contributed by atoms with Crippen LogP contribution in [0.2, 0.25) is 0 Å². The molecular formula is C42H22N4O2Zn. The molecule has 0 amide bonds. The predicted octanol–water partition coefficient (Wildman–Crippen LogP) is 10.8. The number of fused-ring (bicyclic) bond motifs is 20. The van der Waals surface area contributed by atoms with Gasteiger partial charge in [0.25, 0.3) is 0 Å². The quantitative estimate of drug-likeness (QED) is 0.117. The second-order valence-corrected chi connectivity index (χ2v) is 12.1. The number of hydrogen-bond acceptors (Lipinski definition) is 4. The number of aromatic nitrogens is 4. The molecule has 0 aliphatic heterocycles. The summed E-state index contributed by atoms with van der Waals surface area (Å²) in [5.41, 5.74) is 7.17. The van der Waals surface area contributed by atoms with Crippen molar-refractivity contribution in [2.45, 2.75) is 0 Å². The van der Waals surface area contributed by atoms with Crippen molar-refractivity contribution in [1.82, 2.24) is 19.9 Å². The molecule has 0 atom stereocenters. The van der Waals surface area contributed by atoms with Crippen molar-refractivity contribution in [3.63, 3.8) is 0 Å². The second-order valence-electron chi connectivity index (χ2n) is 12.1. The van der Waals surface area contributed by atoms with Crippen molar-refractivity contribution in [2.75, 3.05) is 0 Å². The van der Waals surface area contributed by atoms with Crippen molar-refractivity contribution >= 4 is 109 Å². The average molecular weight is 680 g/mol. The van der Waals surface area contributed by atoms with E-state index in [2.05, 4.69) is 92.7 Å². The van der Waals surface area contributed by atoms with Crippen LogP contribution in [0.5, 0.6) is 0 Å². The van der Waals surface area contributed by atoms with Gasteiger partial charge in [0.2, 0.25) is 0 Å². The summed E-state index contributed by atoms with van der Waals surface area (Å²) in [6.45, 7) is 0. The number of rotatable bonds is 0. The van der Waals surface area contributed by atoms with Crippen LogP contribution in [0.3, 0.4) is 0 Å². The first kappa shape index (κ1) is 28.0. The van der Waals surface area contributed by atoms with Gasteiger partial charge in [-0.1, -0.05) is 72.8 Å². The molecule has 0 saturated heterocycles. The Balaban J connectivity index is 0.000000122. The smallest absolute Gasteiger partial charge is 0.663 e. The average Bonchev–Trinajstić information content (AvgIpc) is 3.96. The SMILES string of the molecule is [Zn+2].c1cnc2c(c1)oc1ccc3c4ccccc4c4cc[n-]c4c3c12.c1cnc2c(c1)oc1ccc3c4ccccc4c4cc[n-]c4c3c12. The standard InChI is InChI=1S/2C21H11N2O.Zn/c2*1-2-5-13-12(4-1)14-7-8-16-19(18(14)20-15(13)9-11-23-20)21-17(24-16)6-3-10-22-21;/h2*1-11H;/q2*-1;+2. The van der Waals surface area contributed by atoms with Gasteiger partial charge in [-0.2, -0.15) is 12.4 Å². The molecule has 0 aliphatic carbocycles. The zero-order valence-electron chi connectivity index (χ0n) is 26.0. The fourth-order valence-electron chi connectivity index (χ4n) is 7.71. The topological polar surface area (TPSA) is 80.3 Å². The molecule has 6 aromatic heterocycles. The van der Waals surface area contributed by atoms with Crippen LogP contribution < -0.4 is 9.97 Å². The fourth-order valence-corrected chi connectivity index (χ4v) is 7.71. The van der Waals surface area contributed by atoms with E-state index in [1.807, 2.05) is 61.2 Å². The van der Waals surface area contributed by atoms with E-state index in [9.17, 15) is 0 Å². The molecule has 224 valence electrons. The van der Waals surface area contributed by atoms with E-state index in [1.165, 1.54) is 43.1 Å². The summed E-state index contributed by atoms with van der Waals surface area (Å²) in [6.07, 6.45) is 7.38. The summed E-state index contributed by atoms with van der Waals surface area (Å²) in [4.78, 5) is 18.5. The fraction of sp³-hybridized carbons (Fsp3) is 0. The van der Waals surface area contributed by atoms with Crippen molar-refractivity contribution in [2.24, 2.45) is 0 Å². The molecular weight excluding hydrogens is 658 g/mol. The third kappa shape index (κ3) is 3.85. The molecule has 49 heavy (non-hydrogen) atoms. The maximum Gasteiger partial charge on any atom is 2.00 e. The molecule has 7 heteroatoms. The zero-order valence-corrected chi connectivity index (χ0v) is 29.0. The summed E-state index contributed by atoms with van der Waals surface area (Å²) in [7, 11) is 0. The summed E-state index contributed by atoms with van der Waals surface area (Å²) in [6, 6.07) is 37.3. The van der Waals surface area contributed by atoms with Gasteiger partial charge >= 0.3 is 19.5 Å². The Bertz CT molecular complexity index is 3040. The van der Waals surface area contributed by atoms with E-state index in [0.717, 1.165) is 65.9 Å². The van der Waals surface area contributed by atoms with E-state index in [1.54, 1.807) is 0 Å². The van der Waals surface area contributed by atoms with E-state index < -0.39 is 0 Å².